The average Bonchev–Trinajstić information content (AvgIpc) is 3.10. The second-order valence-corrected chi connectivity index (χ2v) is 10.1. The summed E-state index contributed by atoms with van der Waals surface area (Å²) in [6.07, 6.45) is 4.97. The van der Waals surface area contributed by atoms with E-state index in [4.69, 9.17) is 0 Å². The van der Waals surface area contributed by atoms with Crippen LogP contribution in [0.5, 0.6) is 0 Å². The van der Waals surface area contributed by atoms with E-state index >= 15 is 0 Å². The van der Waals surface area contributed by atoms with Gasteiger partial charge in [-0.05, 0) is 57.5 Å². The third kappa shape index (κ3) is 4.12. The van der Waals surface area contributed by atoms with E-state index in [-0.39, 0.29) is 11.6 Å². The Labute approximate surface area is 172 Å². The summed E-state index contributed by atoms with van der Waals surface area (Å²) in [6, 6.07) is 10.8. The highest BCUT2D eigenvalue weighted by Crippen LogP contribution is 2.41. The van der Waals surface area contributed by atoms with Gasteiger partial charge in [-0.1, -0.05) is 19.4 Å². The standard InChI is InChI=1S/C23H33N3OS/c1-4-5-7-19-10-11-20(28-19)15-25-13-17-12-18(14-25)22(16-24(2)3)26-21(17)8-6-9-23(26)27/h6,8-11,17-18,22H,4-5,7,12-16H2,1-3H3/t17-,18+,22+/m1/s1. The Morgan fingerprint density at radius 3 is 2.75 bits per heavy atom. The van der Waals surface area contributed by atoms with Crippen LogP contribution in [0.15, 0.2) is 35.1 Å². The number of likely N-dealkylation sites (tertiary alicyclic amines) is 1. The van der Waals surface area contributed by atoms with Gasteiger partial charge in [-0.25, -0.2) is 0 Å². The molecule has 28 heavy (non-hydrogen) atoms. The molecular weight excluding hydrogens is 366 g/mol. The summed E-state index contributed by atoms with van der Waals surface area (Å²) in [5.41, 5.74) is 1.42. The largest absolute Gasteiger partial charge is 0.308 e. The van der Waals surface area contributed by atoms with E-state index in [1.165, 1.54) is 41.1 Å². The van der Waals surface area contributed by atoms with Gasteiger partial charge in [-0.2, -0.15) is 0 Å². The van der Waals surface area contributed by atoms with Crippen molar-refractivity contribution in [1.82, 2.24) is 14.4 Å². The van der Waals surface area contributed by atoms with Crippen molar-refractivity contribution in [3.05, 3.63) is 56.1 Å². The first-order chi connectivity index (χ1) is 13.5. The molecule has 2 bridgehead atoms. The number of aryl methyl sites for hydroxylation is 1. The van der Waals surface area contributed by atoms with Crippen LogP contribution in [0.25, 0.3) is 0 Å². The van der Waals surface area contributed by atoms with E-state index in [9.17, 15) is 4.79 Å². The third-order valence-electron chi connectivity index (χ3n) is 6.30. The van der Waals surface area contributed by atoms with Crippen LogP contribution in [0.2, 0.25) is 0 Å². The van der Waals surface area contributed by atoms with Gasteiger partial charge in [0.25, 0.3) is 5.56 Å². The van der Waals surface area contributed by atoms with Gasteiger partial charge in [0.05, 0.1) is 6.04 Å². The maximum Gasteiger partial charge on any atom is 0.251 e. The van der Waals surface area contributed by atoms with Crippen LogP contribution in [0.4, 0.5) is 0 Å². The first-order valence-corrected chi connectivity index (χ1v) is 11.5. The molecule has 1 fully saturated rings. The highest BCUT2D eigenvalue weighted by atomic mass is 32.1. The number of fused-ring (bicyclic) bond motifs is 4. The lowest BCUT2D eigenvalue weighted by molar-refractivity contribution is 0.0749. The van der Waals surface area contributed by atoms with E-state index in [1.54, 1.807) is 6.07 Å². The first kappa shape index (κ1) is 19.9. The minimum atomic E-state index is 0.173. The number of hydrogen-bond acceptors (Lipinski definition) is 4. The minimum Gasteiger partial charge on any atom is -0.308 e. The van der Waals surface area contributed by atoms with E-state index in [0.717, 1.165) is 26.2 Å². The fourth-order valence-corrected chi connectivity index (χ4v) is 6.19. The van der Waals surface area contributed by atoms with Gasteiger partial charge in [0, 0.05) is 53.6 Å². The molecule has 5 heteroatoms. The molecule has 0 unspecified atom stereocenters. The number of rotatable bonds is 7. The van der Waals surface area contributed by atoms with Crippen molar-refractivity contribution in [3.8, 4) is 0 Å². The van der Waals surface area contributed by atoms with Crippen LogP contribution in [0.3, 0.4) is 0 Å². The number of piperidine rings is 1. The van der Waals surface area contributed by atoms with Crippen LogP contribution in [-0.4, -0.2) is 48.1 Å². The minimum absolute atomic E-state index is 0.173. The Morgan fingerprint density at radius 1 is 1.14 bits per heavy atom. The first-order valence-electron chi connectivity index (χ1n) is 10.7. The zero-order valence-electron chi connectivity index (χ0n) is 17.4. The van der Waals surface area contributed by atoms with E-state index in [1.807, 2.05) is 17.4 Å². The molecule has 152 valence electrons. The summed E-state index contributed by atoms with van der Waals surface area (Å²) in [5, 5.41) is 0. The Hall–Kier alpha value is -1.43. The second-order valence-electron chi connectivity index (χ2n) is 8.85. The van der Waals surface area contributed by atoms with Crippen molar-refractivity contribution in [1.29, 1.82) is 0 Å². The van der Waals surface area contributed by atoms with Crippen LogP contribution < -0.4 is 5.56 Å². The number of unbranched alkanes of at least 4 members (excludes halogenated alkanes) is 1. The van der Waals surface area contributed by atoms with Crippen molar-refractivity contribution in [3.63, 3.8) is 0 Å². The van der Waals surface area contributed by atoms with Gasteiger partial charge in [0.1, 0.15) is 0 Å². The summed E-state index contributed by atoms with van der Waals surface area (Å²) in [5.74, 6) is 1.03. The zero-order chi connectivity index (χ0) is 19.7. The number of likely N-dealkylation sites (N-methyl/N-ethyl adjacent to an activating group) is 1. The topological polar surface area (TPSA) is 28.5 Å². The Kier molecular flexibility index (Phi) is 6.04. The molecule has 0 amide bonds. The molecule has 3 atom stereocenters. The zero-order valence-corrected chi connectivity index (χ0v) is 18.3. The summed E-state index contributed by atoms with van der Waals surface area (Å²) in [7, 11) is 4.23. The average molecular weight is 400 g/mol. The van der Waals surface area contributed by atoms with Gasteiger partial charge in [-0.3, -0.25) is 9.69 Å². The Morgan fingerprint density at radius 2 is 1.96 bits per heavy atom. The molecule has 2 aromatic heterocycles. The fourth-order valence-electron chi connectivity index (χ4n) is 5.09. The molecule has 0 radical (unpaired) electrons. The van der Waals surface area contributed by atoms with Crippen LogP contribution in [0, 0.1) is 5.92 Å². The van der Waals surface area contributed by atoms with Crippen molar-refractivity contribution >= 4 is 11.3 Å². The maximum atomic E-state index is 12.7. The molecule has 0 spiro atoms. The Bertz CT molecular complexity index is 856. The summed E-state index contributed by atoms with van der Waals surface area (Å²) in [6.45, 7) is 6.40. The normalized spacial score (nSPS) is 24.5. The highest BCUT2D eigenvalue weighted by molar-refractivity contribution is 7.11. The predicted octanol–water partition coefficient (Wildman–Crippen LogP) is 3.97. The monoisotopic (exact) mass is 399 g/mol. The van der Waals surface area contributed by atoms with E-state index < -0.39 is 0 Å². The van der Waals surface area contributed by atoms with Crippen molar-refractivity contribution in [2.75, 3.05) is 33.7 Å². The van der Waals surface area contributed by atoms with Crippen molar-refractivity contribution in [2.24, 2.45) is 5.92 Å². The Balaban J connectivity index is 1.54. The van der Waals surface area contributed by atoms with Crippen LogP contribution >= 0.6 is 11.3 Å². The molecule has 2 aliphatic rings. The van der Waals surface area contributed by atoms with Crippen molar-refractivity contribution in [2.45, 2.75) is 51.1 Å². The lowest BCUT2D eigenvalue weighted by atomic mass is 9.78. The molecule has 4 nitrogen and oxygen atoms in total. The molecule has 4 rings (SSSR count). The number of hydrogen-bond donors (Lipinski definition) is 0. The van der Waals surface area contributed by atoms with Gasteiger partial charge < -0.3 is 9.47 Å². The number of aromatic nitrogens is 1. The van der Waals surface area contributed by atoms with Gasteiger partial charge >= 0.3 is 0 Å². The quantitative estimate of drug-likeness (QED) is 0.705. The van der Waals surface area contributed by atoms with Gasteiger partial charge in [-0.15, -0.1) is 11.3 Å². The molecule has 2 aromatic rings. The molecular formula is C23H33N3OS. The maximum absolute atomic E-state index is 12.7. The summed E-state index contributed by atoms with van der Waals surface area (Å²) >= 11 is 1.99. The molecule has 1 saturated heterocycles. The molecule has 0 N–H and O–H groups in total. The third-order valence-corrected chi connectivity index (χ3v) is 7.43. The summed E-state index contributed by atoms with van der Waals surface area (Å²) < 4.78 is 2.12. The van der Waals surface area contributed by atoms with Crippen molar-refractivity contribution < 1.29 is 0 Å². The van der Waals surface area contributed by atoms with E-state index in [2.05, 4.69) is 53.6 Å². The number of pyridine rings is 1. The van der Waals surface area contributed by atoms with Crippen LogP contribution in [-0.2, 0) is 13.0 Å². The second kappa shape index (κ2) is 8.52. The SMILES string of the molecule is CCCCc1ccc(CN2C[C@H]3C[C@@H](C2)[C@H](CN(C)C)n2c3cccc2=O)s1. The highest BCUT2D eigenvalue weighted by Gasteiger charge is 2.40. The van der Waals surface area contributed by atoms with Gasteiger partial charge in [0.15, 0.2) is 0 Å². The van der Waals surface area contributed by atoms with Gasteiger partial charge in [0.2, 0.25) is 0 Å². The number of nitrogens with zero attached hydrogens (tertiary/aromatic N) is 3. The molecule has 0 aromatic carbocycles. The molecule has 4 heterocycles. The lowest BCUT2D eigenvalue weighted by Crippen LogP contribution is -2.51. The smallest absolute Gasteiger partial charge is 0.251 e. The van der Waals surface area contributed by atoms with E-state index in [0.29, 0.717) is 11.8 Å². The summed E-state index contributed by atoms with van der Waals surface area (Å²) in [4.78, 5) is 20.6. The molecule has 0 aliphatic carbocycles. The molecule has 0 saturated carbocycles. The molecule has 2 aliphatic heterocycles. The van der Waals surface area contributed by atoms with Crippen LogP contribution in [0.1, 0.15) is 53.6 Å². The predicted molar refractivity (Wildman–Crippen MR) is 117 cm³/mol. The lowest BCUT2D eigenvalue weighted by Gasteiger charge is -2.47. The number of thiophene rings is 1. The fraction of sp³-hybridized carbons (Fsp3) is 0.609.